The zero-order chi connectivity index (χ0) is 16.5. The van der Waals surface area contributed by atoms with Gasteiger partial charge in [0.05, 0.1) is 11.7 Å². The Morgan fingerprint density at radius 2 is 2.25 bits per heavy atom. The Kier molecular flexibility index (Phi) is 3.60. The van der Waals surface area contributed by atoms with E-state index in [2.05, 4.69) is 27.8 Å². The van der Waals surface area contributed by atoms with Crippen LogP contribution >= 0.6 is 0 Å². The lowest BCUT2D eigenvalue weighted by Crippen LogP contribution is -2.23. The van der Waals surface area contributed by atoms with Crippen molar-refractivity contribution in [1.29, 1.82) is 0 Å². The summed E-state index contributed by atoms with van der Waals surface area (Å²) in [5.74, 6) is 2.57. The minimum atomic E-state index is -0.274. The molecule has 7 heteroatoms. The van der Waals surface area contributed by atoms with Crippen LogP contribution in [0.5, 0.6) is 0 Å². The molecule has 0 radical (unpaired) electrons. The highest BCUT2D eigenvalue weighted by Crippen LogP contribution is 2.47. The van der Waals surface area contributed by atoms with Crippen molar-refractivity contribution < 1.29 is 9.21 Å². The van der Waals surface area contributed by atoms with E-state index >= 15 is 0 Å². The van der Waals surface area contributed by atoms with E-state index in [1.54, 1.807) is 4.68 Å². The Morgan fingerprint density at radius 1 is 1.42 bits per heavy atom. The summed E-state index contributed by atoms with van der Waals surface area (Å²) in [4.78, 5) is 12.0. The summed E-state index contributed by atoms with van der Waals surface area (Å²) >= 11 is 0. The van der Waals surface area contributed by atoms with Crippen LogP contribution in [-0.4, -0.2) is 27.1 Å². The highest BCUT2D eigenvalue weighted by molar-refractivity contribution is 5.81. The number of nitrogens with zero attached hydrogens (tertiary/aromatic N) is 4. The molecule has 0 aliphatic heterocycles. The predicted octanol–water partition coefficient (Wildman–Crippen LogP) is 2.30. The lowest BCUT2D eigenvalue weighted by Gasteiger charge is -2.00. The molecule has 122 valence electrons. The second-order valence-corrected chi connectivity index (χ2v) is 6.09. The molecule has 0 unspecified atom stereocenters. The molecule has 1 aliphatic rings. The van der Waals surface area contributed by atoms with Crippen LogP contribution in [0.25, 0.3) is 11.0 Å². The van der Waals surface area contributed by atoms with Crippen LogP contribution in [0.3, 0.4) is 0 Å². The standard InChI is InChI=1S/C17H17N5O2/c1-11-8-13(11)16-7-6-12(24-16)9-18-20-17(23)10-22-15-5-3-2-4-14(15)19-21-22/h2-7,9,11,13H,8,10H2,1H3,(H,20,23)/b18-9-/t11-,13+/m0/s1. The second kappa shape index (κ2) is 5.92. The number of fused-ring (bicyclic) bond motifs is 1. The fraction of sp³-hybridized carbons (Fsp3) is 0.294. The third-order valence-corrected chi connectivity index (χ3v) is 4.22. The van der Waals surface area contributed by atoms with E-state index in [9.17, 15) is 4.79 Å². The number of furan rings is 1. The average Bonchev–Trinajstić information content (AvgIpc) is 2.99. The van der Waals surface area contributed by atoms with Gasteiger partial charge in [-0.05, 0) is 36.6 Å². The summed E-state index contributed by atoms with van der Waals surface area (Å²) in [7, 11) is 0. The molecule has 4 rings (SSSR count). The number of benzene rings is 1. The predicted molar refractivity (Wildman–Crippen MR) is 88.5 cm³/mol. The summed E-state index contributed by atoms with van der Waals surface area (Å²) in [5.41, 5.74) is 4.05. The molecule has 2 atom stereocenters. The van der Waals surface area contributed by atoms with Crippen LogP contribution in [0.1, 0.15) is 30.8 Å². The van der Waals surface area contributed by atoms with Crippen molar-refractivity contribution >= 4 is 23.2 Å². The molecular formula is C17H17N5O2. The van der Waals surface area contributed by atoms with Crippen molar-refractivity contribution in [2.45, 2.75) is 25.8 Å². The number of para-hydroxylation sites is 1. The molecule has 24 heavy (non-hydrogen) atoms. The quantitative estimate of drug-likeness (QED) is 0.576. The zero-order valence-electron chi connectivity index (χ0n) is 13.2. The molecule has 0 spiro atoms. The van der Waals surface area contributed by atoms with Crippen molar-refractivity contribution in [3.63, 3.8) is 0 Å². The average molecular weight is 323 g/mol. The van der Waals surface area contributed by atoms with Crippen molar-refractivity contribution in [2.24, 2.45) is 11.0 Å². The minimum absolute atomic E-state index is 0.0564. The van der Waals surface area contributed by atoms with Crippen molar-refractivity contribution in [3.8, 4) is 0 Å². The summed E-state index contributed by atoms with van der Waals surface area (Å²) in [6.07, 6.45) is 2.68. The molecule has 2 heterocycles. The van der Waals surface area contributed by atoms with Crippen LogP contribution in [0.15, 0.2) is 45.9 Å². The molecular weight excluding hydrogens is 306 g/mol. The van der Waals surface area contributed by atoms with E-state index in [4.69, 9.17) is 4.42 Å². The first-order valence-corrected chi connectivity index (χ1v) is 7.90. The first-order chi connectivity index (χ1) is 11.7. The largest absolute Gasteiger partial charge is 0.460 e. The van der Waals surface area contributed by atoms with Gasteiger partial charge in [0, 0.05) is 5.92 Å². The van der Waals surface area contributed by atoms with E-state index in [0.717, 1.165) is 16.8 Å². The van der Waals surface area contributed by atoms with Crippen LogP contribution in [0.2, 0.25) is 0 Å². The third-order valence-electron chi connectivity index (χ3n) is 4.22. The molecule has 1 N–H and O–H groups in total. The van der Waals surface area contributed by atoms with E-state index in [1.807, 2.05) is 36.4 Å². The normalized spacial score (nSPS) is 19.9. The molecule has 1 aromatic carbocycles. The fourth-order valence-corrected chi connectivity index (χ4v) is 2.73. The van der Waals surface area contributed by atoms with E-state index in [-0.39, 0.29) is 12.5 Å². The minimum Gasteiger partial charge on any atom is -0.460 e. The van der Waals surface area contributed by atoms with E-state index < -0.39 is 0 Å². The van der Waals surface area contributed by atoms with Gasteiger partial charge >= 0.3 is 0 Å². The van der Waals surface area contributed by atoms with Gasteiger partial charge in [0.25, 0.3) is 5.91 Å². The Bertz CT molecular complexity index is 910. The molecule has 1 fully saturated rings. The van der Waals surface area contributed by atoms with Gasteiger partial charge in [0.1, 0.15) is 23.6 Å². The number of nitrogens with one attached hydrogen (secondary N) is 1. The number of amides is 1. The van der Waals surface area contributed by atoms with Gasteiger partial charge in [0.2, 0.25) is 0 Å². The van der Waals surface area contributed by atoms with Gasteiger partial charge in [0.15, 0.2) is 0 Å². The number of carbonyl (C=O) groups is 1. The Balaban J connectivity index is 1.35. The van der Waals surface area contributed by atoms with Crippen LogP contribution in [-0.2, 0) is 11.3 Å². The lowest BCUT2D eigenvalue weighted by atomic mass is 10.3. The molecule has 0 saturated heterocycles. The number of aromatic nitrogens is 3. The van der Waals surface area contributed by atoms with Crippen molar-refractivity contribution in [1.82, 2.24) is 20.4 Å². The van der Waals surface area contributed by atoms with Gasteiger partial charge in [-0.3, -0.25) is 4.79 Å². The number of rotatable bonds is 5. The molecule has 1 saturated carbocycles. The maximum absolute atomic E-state index is 12.0. The van der Waals surface area contributed by atoms with Crippen LogP contribution < -0.4 is 5.43 Å². The summed E-state index contributed by atoms with van der Waals surface area (Å²) < 4.78 is 7.24. The fourth-order valence-electron chi connectivity index (χ4n) is 2.73. The maximum atomic E-state index is 12.0. The molecule has 2 aromatic heterocycles. The summed E-state index contributed by atoms with van der Waals surface area (Å²) in [6, 6.07) is 11.3. The molecule has 7 nitrogen and oxygen atoms in total. The molecule has 3 aromatic rings. The Labute approximate surface area is 138 Å². The smallest absolute Gasteiger partial charge is 0.261 e. The Hall–Kier alpha value is -2.96. The second-order valence-electron chi connectivity index (χ2n) is 6.09. The SMILES string of the molecule is C[C@H]1C[C@H]1c1ccc(/C=N\NC(=O)Cn2nnc3ccccc32)o1. The zero-order valence-corrected chi connectivity index (χ0v) is 13.2. The highest BCUT2D eigenvalue weighted by Gasteiger charge is 2.36. The highest BCUT2D eigenvalue weighted by atomic mass is 16.3. The van der Waals surface area contributed by atoms with Gasteiger partial charge in [-0.15, -0.1) is 5.10 Å². The topological polar surface area (TPSA) is 85.3 Å². The van der Waals surface area contributed by atoms with Crippen molar-refractivity contribution in [3.05, 3.63) is 47.9 Å². The lowest BCUT2D eigenvalue weighted by molar-refractivity contribution is -0.121. The van der Waals surface area contributed by atoms with E-state index in [1.165, 1.54) is 12.6 Å². The summed E-state index contributed by atoms with van der Waals surface area (Å²) in [5, 5.41) is 11.9. The number of hydrogen-bond donors (Lipinski definition) is 1. The van der Waals surface area contributed by atoms with E-state index in [0.29, 0.717) is 17.6 Å². The molecule has 0 bridgehead atoms. The van der Waals surface area contributed by atoms with Gasteiger partial charge < -0.3 is 4.42 Å². The third kappa shape index (κ3) is 2.92. The maximum Gasteiger partial charge on any atom is 0.261 e. The van der Waals surface area contributed by atoms with Crippen LogP contribution in [0.4, 0.5) is 0 Å². The number of carbonyl (C=O) groups excluding carboxylic acids is 1. The van der Waals surface area contributed by atoms with Crippen molar-refractivity contribution in [2.75, 3.05) is 0 Å². The summed E-state index contributed by atoms with van der Waals surface area (Å²) in [6.45, 7) is 2.26. The van der Waals surface area contributed by atoms with Gasteiger partial charge in [-0.2, -0.15) is 5.10 Å². The Morgan fingerprint density at radius 3 is 3.08 bits per heavy atom. The monoisotopic (exact) mass is 323 g/mol. The van der Waals surface area contributed by atoms with Gasteiger partial charge in [-0.1, -0.05) is 24.3 Å². The number of hydrogen-bond acceptors (Lipinski definition) is 5. The molecule has 1 aliphatic carbocycles. The first-order valence-electron chi connectivity index (χ1n) is 7.90. The molecule has 1 amide bonds. The first kappa shape index (κ1) is 14.6. The van der Waals surface area contributed by atoms with Crippen LogP contribution in [0, 0.1) is 5.92 Å². The van der Waals surface area contributed by atoms with Gasteiger partial charge in [-0.25, -0.2) is 10.1 Å². The number of hydrazone groups is 1.